The van der Waals surface area contributed by atoms with E-state index in [0.717, 1.165) is 38.2 Å². The molecule has 0 aromatic heterocycles. The highest BCUT2D eigenvalue weighted by Gasteiger charge is 2.19. The lowest BCUT2D eigenvalue weighted by molar-refractivity contribution is -0.0324. The maximum absolute atomic E-state index is 9.93. The predicted molar refractivity (Wildman–Crippen MR) is 82.3 cm³/mol. The molecule has 0 radical (unpaired) electrons. The smallest absolute Gasteiger partial charge is 0.172 e. The topological polar surface area (TPSA) is 41.9 Å². The van der Waals surface area contributed by atoms with Crippen molar-refractivity contribution in [3.63, 3.8) is 0 Å². The van der Waals surface area contributed by atoms with Gasteiger partial charge in [0.1, 0.15) is 0 Å². The third kappa shape index (κ3) is 3.87. The molecule has 1 atom stereocenters. The van der Waals surface area contributed by atoms with Gasteiger partial charge in [-0.25, -0.2) is 0 Å². The summed E-state index contributed by atoms with van der Waals surface area (Å²) in [4.78, 5) is 2.38. The van der Waals surface area contributed by atoms with Crippen molar-refractivity contribution in [2.75, 3.05) is 26.3 Å². The van der Waals surface area contributed by atoms with E-state index in [9.17, 15) is 5.11 Å². The molecule has 1 aliphatic rings. The van der Waals surface area contributed by atoms with Gasteiger partial charge in [-0.05, 0) is 47.0 Å². The molecule has 1 unspecified atom stereocenters. The van der Waals surface area contributed by atoms with Gasteiger partial charge in [0.25, 0.3) is 0 Å². The molecule has 1 aromatic rings. The Labute approximate surface area is 128 Å². The van der Waals surface area contributed by atoms with Gasteiger partial charge in [0.2, 0.25) is 0 Å². The van der Waals surface area contributed by atoms with E-state index in [1.807, 2.05) is 19.1 Å². The molecule has 2 rings (SSSR count). The highest BCUT2D eigenvalue weighted by atomic mass is 79.9. The van der Waals surface area contributed by atoms with Crippen LogP contribution in [0.15, 0.2) is 16.6 Å². The molecule has 0 saturated carbocycles. The maximum atomic E-state index is 9.93. The quantitative estimate of drug-likeness (QED) is 0.891. The van der Waals surface area contributed by atoms with Crippen molar-refractivity contribution in [1.29, 1.82) is 0 Å². The van der Waals surface area contributed by atoms with E-state index < -0.39 is 0 Å². The van der Waals surface area contributed by atoms with Crippen LogP contribution in [0.5, 0.6) is 11.5 Å². The highest BCUT2D eigenvalue weighted by molar-refractivity contribution is 9.10. The first kappa shape index (κ1) is 15.6. The predicted octanol–water partition coefficient (Wildman–Crippen LogP) is 3.16. The molecule has 1 N–H and O–H groups in total. The number of halogens is 1. The van der Waals surface area contributed by atoms with Gasteiger partial charge >= 0.3 is 0 Å². The van der Waals surface area contributed by atoms with E-state index >= 15 is 0 Å². The lowest BCUT2D eigenvalue weighted by atomic mass is 10.1. The van der Waals surface area contributed by atoms with Crippen molar-refractivity contribution < 1.29 is 14.6 Å². The Morgan fingerprint density at radius 1 is 1.45 bits per heavy atom. The van der Waals surface area contributed by atoms with Crippen LogP contribution < -0.4 is 4.74 Å². The first-order valence-corrected chi connectivity index (χ1v) is 7.91. The van der Waals surface area contributed by atoms with E-state index in [4.69, 9.17) is 9.47 Å². The van der Waals surface area contributed by atoms with E-state index in [2.05, 4.69) is 27.8 Å². The number of nitrogens with zero attached hydrogens (tertiary/aromatic N) is 1. The van der Waals surface area contributed by atoms with E-state index in [-0.39, 0.29) is 5.75 Å². The second-order valence-electron chi connectivity index (χ2n) is 4.99. The summed E-state index contributed by atoms with van der Waals surface area (Å²) >= 11 is 3.38. The van der Waals surface area contributed by atoms with Crippen LogP contribution in [0.4, 0.5) is 0 Å². The average molecular weight is 344 g/mol. The number of hydrogen-bond donors (Lipinski definition) is 1. The fourth-order valence-corrected chi connectivity index (χ4v) is 2.90. The van der Waals surface area contributed by atoms with Gasteiger partial charge < -0.3 is 14.6 Å². The van der Waals surface area contributed by atoms with Gasteiger partial charge in [-0.2, -0.15) is 0 Å². The van der Waals surface area contributed by atoms with E-state index in [0.29, 0.717) is 22.9 Å². The van der Waals surface area contributed by atoms with E-state index in [1.165, 1.54) is 0 Å². The van der Waals surface area contributed by atoms with Crippen LogP contribution in [-0.4, -0.2) is 42.4 Å². The molecule has 5 heteroatoms. The van der Waals surface area contributed by atoms with Crippen molar-refractivity contribution in [2.24, 2.45) is 0 Å². The molecule has 1 aliphatic heterocycles. The zero-order chi connectivity index (χ0) is 14.5. The normalized spacial score (nSPS) is 20.1. The third-order valence-corrected chi connectivity index (χ3v) is 4.08. The summed E-state index contributed by atoms with van der Waals surface area (Å²) in [7, 11) is 0. The first-order valence-electron chi connectivity index (χ1n) is 7.12. The summed E-state index contributed by atoms with van der Waals surface area (Å²) in [6.45, 7) is 8.14. The second-order valence-corrected chi connectivity index (χ2v) is 5.85. The molecule has 112 valence electrons. The van der Waals surface area contributed by atoms with Crippen LogP contribution in [0.3, 0.4) is 0 Å². The van der Waals surface area contributed by atoms with Gasteiger partial charge in [0, 0.05) is 19.6 Å². The summed E-state index contributed by atoms with van der Waals surface area (Å²) in [5, 5.41) is 9.93. The zero-order valence-electron chi connectivity index (χ0n) is 12.1. The van der Waals surface area contributed by atoms with Crippen LogP contribution >= 0.6 is 15.9 Å². The fourth-order valence-electron chi connectivity index (χ4n) is 2.41. The Hall–Kier alpha value is -0.780. The third-order valence-electron chi connectivity index (χ3n) is 3.47. The molecule has 0 spiro atoms. The van der Waals surface area contributed by atoms with Crippen LogP contribution in [0.25, 0.3) is 0 Å². The summed E-state index contributed by atoms with van der Waals surface area (Å²) in [6, 6.07) is 3.87. The zero-order valence-corrected chi connectivity index (χ0v) is 13.6. The van der Waals surface area contributed by atoms with Crippen molar-refractivity contribution in [3.05, 3.63) is 22.2 Å². The minimum Gasteiger partial charge on any atom is -0.503 e. The maximum Gasteiger partial charge on any atom is 0.172 e. The molecule has 0 amide bonds. The van der Waals surface area contributed by atoms with Crippen molar-refractivity contribution >= 4 is 15.9 Å². The number of ether oxygens (including phenoxy) is 2. The summed E-state index contributed by atoms with van der Waals surface area (Å²) < 4.78 is 11.8. The molecule has 20 heavy (non-hydrogen) atoms. The number of morpholine rings is 1. The first-order chi connectivity index (χ1) is 9.63. The van der Waals surface area contributed by atoms with Gasteiger partial charge in [-0.3, -0.25) is 4.90 Å². The van der Waals surface area contributed by atoms with Crippen LogP contribution in [-0.2, 0) is 11.3 Å². The van der Waals surface area contributed by atoms with Crippen molar-refractivity contribution in [2.45, 2.75) is 32.9 Å². The Morgan fingerprint density at radius 2 is 2.25 bits per heavy atom. The van der Waals surface area contributed by atoms with Crippen molar-refractivity contribution in [3.8, 4) is 11.5 Å². The number of phenols is 1. The second kappa shape index (κ2) is 7.29. The summed E-state index contributed by atoms with van der Waals surface area (Å²) in [5.41, 5.74) is 1.13. The van der Waals surface area contributed by atoms with Crippen molar-refractivity contribution in [1.82, 2.24) is 4.90 Å². The van der Waals surface area contributed by atoms with Gasteiger partial charge in [0.05, 0.1) is 23.8 Å². The monoisotopic (exact) mass is 343 g/mol. The van der Waals surface area contributed by atoms with E-state index in [1.54, 1.807) is 0 Å². The minimum absolute atomic E-state index is 0.170. The highest BCUT2D eigenvalue weighted by Crippen LogP contribution is 2.35. The number of aromatic hydroxyl groups is 1. The number of phenolic OH excluding ortho intramolecular Hbond substituents is 1. The number of benzene rings is 1. The fraction of sp³-hybridized carbons (Fsp3) is 0.600. The molecule has 1 fully saturated rings. The molecule has 1 saturated heterocycles. The number of rotatable bonds is 5. The lowest BCUT2D eigenvalue weighted by Crippen LogP contribution is -2.41. The van der Waals surface area contributed by atoms with Crippen LogP contribution in [0.2, 0.25) is 0 Å². The molecule has 4 nitrogen and oxygen atoms in total. The molecule has 1 heterocycles. The van der Waals surface area contributed by atoms with Gasteiger partial charge in [-0.1, -0.05) is 6.92 Å². The molecular weight excluding hydrogens is 322 g/mol. The largest absolute Gasteiger partial charge is 0.503 e. The molecular formula is C15H22BrNO3. The van der Waals surface area contributed by atoms with Crippen LogP contribution in [0, 0.1) is 0 Å². The Morgan fingerprint density at radius 3 is 2.95 bits per heavy atom. The number of hydrogen-bond acceptors (Lipinski definition) is 4. The molecule has 1 aromatic carbocycles. The van der Waals surface area contributed by atoms with Gasteiger partial charge in [-0.15, -0.1) is 0 Å². The SMILES string of the molecule is CCOc1cc(CN2CCOC(CC)C2)cc(Br)c1O. The Kier molecular flexibility index (Phi) is 5.69. The van der Waals surface area contributed by atoms with Gasteiger partial charge in [0.15, 0.2) is 11.5 Å². The average Bonchev–Trinajstić information content (AvgIpc) is 2.44. The lowest BCUT2D eigenvalue weighted by Gasteiger charge is -2.32. The minimum atomic E-state index is 0.170. The summed E-state index contributed by atoms with van der Waals surface area (Å²) in [6.07, 6.45) is 1.37. The molecule has 0 bridgehead atoms. The Balaban J connectivity index is 2.08. The van der Waals surface area contributed by atoms with Crippen LogP contribution in [0.1, 0.15) is 25.8 Å². The Bertz CT molecular complexity index is 453. The molecule has 0 aliphatic carbocycles. The standard InChI is InChI=1S/C15H22BrNO3/c1-3-12-10-17(5-6-20-12)9-11-7-13(16)15(18)14(8-11)19-4-2/h7-8,12,18H,3-6,9-10H2,1-2H3. The summed E-state index contributed by atoms with van der Waals surface area (Å²) in [5.74, 6) is 0.709.